The van der Waals surface area contributed by atoms with Crippen LogP contribution in [0.3, 0.4) is 0 Å². The molecule has 0 aromatic heterocycles. The van der Waals surface area contributed by atoms with Gasteiger partial charge in [0.15, 0.2) is 5.82 Å². The molecule has 8 heteroatoms. The highest BCUT2D eigenvalue weighted by Gasteiger charge is 2.22. The number of benzene rings is 1. The Balaban J connectivity index is 1.94. The van der Waals surface area contributed by atoms with Crippen molar-refractivity contribution in [2.45, 2.75) is 6.92 Å². The third kappa shape index (κ3) is 3.91. The molecule has 0 spiro atoms. The zero-order valence-corrected chi connectivity index (χ0v) is 12.3. The van der Waals surface area contributed by atoms with Crippen molar-refractivity contribution in [3.63, 3.8) is 0 Å². The molecule has 1 aliphatic heterocycles. The second-order valence-electron chi connectivity index (χ2n) is 4.96. The lowest BCUT2D eigenvalue weighted by Gasteiger charge is -2.35. The number of halogens is 1. The lowest BCUT2D eigenvalue weighted by Crippen LogP contribution is -2.48. The van der Waals surface area contributed by atoms with E-state index in [2.05, 4.69) is 0 Å². The van der Waals surface area contributed by atoms with Crippen molar-refractivity contribution in [1.82, 2.24) is 4.90 Å². The number of ether oxygens (including phenoxy) is 1. The molecule has 120 valence electrons. The monoisotopic (exact) mass is 311 g/mol. The Bertz CT molecular complexity index is 559. The summed E-state index contributed by atoms with van der Waals surface area (Å²) in [6, 6.07) is 3.65. The fourth-order valence-electron chi connectivity index (χ4n) is 2.40. The minimum atomic E-state index is -0.621. The number of esters is 1. The minimum Gasteiger partial charge on any atom is -0.465 e. The maximum Gasteiger partial charge on any atom is 0.320 e. The van der Waals surface area contributed by atoms with Gasteiger partial charge in [-0.15, -0.1) is 0 Å². The highest BCUT2D eigenvalue weighted by molar-refractivity contribution is 5.71. The predicted molar refractivity (Wildman–Crippen MR) is 78.3 cm³/mol. The Morgan fingerprint density at radius 3 is 2.59 bits per heavy atom. The highest BCUT2D eigenvalue weighted by atomic mass is 19.1. The zero-order valence-electron chi connectivity index (χ0n) is 12.3. The standard InChI is InChI=1S/C14H18FN3O4/c1-2-22-14(19)10-16-5-7-17(8-6-16)13-4-3-11(18(20)21)9-12(13)15/h3-4,9H,2,5-8,10H2,1H3. The molecule has 7 nitrogen and oxygen atoms in total. The lowest BCUT2D eigenvalue weighted by molar-refractivity contribution is -0.385. The van der Waals surface area contributed by atoms with Crippen LogP contribution in [0.2, 0.25) is 0 Å². The summed E-state index contributed by atoms with van der Waals surface area (Å²) in [5.41, 5.74) is 0.0866. The maximum atomic E-state index is 14.0. The first kappa shape index (κ1) is 16.2. The van der Waals surface area contributed by atoms with Crippen LogP contribution in [0.1, 0.15) is 6.92 Å². The summed E-state index contributed by atoms with van der Waals surface area (Å²) >= 11 is 0. The molecule has 0 radical (unpaired) electrons. The van der Waals surface area contributed by atoms with Crippen LogP contribution in [0.15, 0.2) is 18.2 Å². The van der Waals surface area contributed by atoms with Crippen molar-refractivity contribution in [3.8, 4) is 0 Å². The van der Waals surface area contributed by atoms with Gasteiger partial charge in [-0.1, -0.05) is 0 Å². The van der Waals surface area contributed by atoms with Crippen LogP contribution in [0.4, 0.5) is 15.8 Å². The first-order valence-electron chi connectivity index (χ1n) is 7.08. The van der Waals surface area contributed by atoms with Gasteiger partial charge < -0.3 is 9.64 Å². The van der Waals surface area contributed by atoms with E-state index in [4.69, 9.17) is 4.74 Å². The largest absolute Gasteiger partial charge is 0.465 e. The molecule has 0 N–H and O–H groups in total. The van der Waals surface area contributed by atoms with E-state index in [9.17, 15) is 19.3 Å². The van der Waals surface area contributed by atoms with Crippen molar-refractivity contribution in [2.24, 2.45) is 0 Å². The van der Waals surface area contributed by atoms with Gasteiger partial charge in [-0.25, -0.2) is 4.39 Å². The Kier molecular flexibility index (Phi) is 5.26. The number of piperazine rings is 1. The molecule has 1 aromatic rings. The second kappa shape index (κ2) is 7.17. The zero-order chi connectivity index (χ0) is 16.1. The van der Waals surface area contributed by atoms with Gasteiger partial charge in [0.1, 0.15) is 0 Å². The van der Waals surface area contributed by atoms with Gasteiger partial charge in [0.05, 0.1) is 29.8 Å². The van der Waals surface area contributed by atoms with Crippen molar-refractivity contribution >= 4 is 17.3 Å². The van der Waals surface area contributed by atoms with Gasteiger partial charge in [0.2, 0.25) is 0 Å². The number of hydrogen-bond acceptors (Lipinski definition) is 6. The summed E-state index contributed by atoms with van der Waals surface area (Å²) in [5.74, 6) is -0.870. The van der Waals surface area contributed by atoms with Crippen LogP contribution < -0.4 is 4.90 Å². The number of carbonyl (C=O) groups excluding carboxylic acids is 1. The third-order valence-electron chi connectivity index (χ3n) is 3.51. The van der Waals surface area contributed by atoms with Gasteiger partial charge in [-0.05, 0) is 13.0 Å². The first-order chi connectivity index (χ1) is 10.5. The van der Waals surface area contributed by atoms with Crippen LogP contribution >= 0.6 is 0 Å². The topological polar surface area (TPSA) is 75.9 Å². The summed E-state index contributed by atoms with van der Waals surface area (Å²) in [6.07, 6.45) is 0. The lowest BCUT2D eigenvalue weighted by atomic mass is 10.2. The van der Waals surface area contributed by atoms with Crippen molar-refractivity contribution < 1.29 is 18.8 Å². The molecule has 0 atom stereocenters. The van der Waals surface area contributed by atoms with E-state index in [1.807, 2.05) is 9.80 Å². The number of hydrogen-bond donors (Lipinski definition) is 0. The van der Waals surface area contributed by atoms with Gasteiger partial charge >= 0.3 is 5.97 Å². The number of nitro groups is 1. The average molecular weight is 311 g/mol. The molecule has 1 aromatic carbocycles. The molecule has 1 heterocycles. The average Bonchev–Trinajstić information content (AvgIpc) is 2.48. The van der Waals surface area contributed by atoms with Gasteiger partial charge in [-0.2, -0.15) is 0 Å². The Morgan fingerprint density at radius 1 is 1.36 bits per heavy atom. The Hall–Kier alpha value is -2.22. The molecular weight excluding hydrogens is 293 g/mol. The van der Waals surface area contributed by atoms with Gasteiger partial charge in [-0.3, -0.25) is 19.8 Å². The molecule has 0 saturated carbocycles. The predicted octanol–water partition coefficient (Wildman–Crippen LogP) is 1.42. The third-order valence-corrected chi connectivity index (χ3v) is 3.51. The Labute approximate surface area is 127 Å². The number of carbonyl (C=O) groups is 1. The maximum absolute atomic E-state index is 14.0. The summed E-state index contributed by atoms with van der Waals surface area (Å²) in [5, 5.41) is 10.6. The van der Waals surface area contributed by atoms with Crippen LogP contribution in [-0.4, -0.2) is 55.1 Å². The van der Waals surface area contributed by atoms with Crippen molar-refractivity contribution in [1.29, 1.82) is 0 Å². The van der Waals surface area contributed by atoms with E-state index >= 15 is 0 Å². The van der Waals surface area contributed by atoms with Crippen molar-refractivity contribution in [3.05, 3.63) is 34.1 Å². The number of nitro benzene ring substituents is 1. The van der Waals surface area contributed by atoms with E-state index in [1.54, 1.807) is 6.92 Å². The molecule has 0 amide bonds. The number of anilines is 1. The quantitative estimate of drug-likeness (QED) is 0.465. The molecular formula is C14H18FN3O4. The van der Waals surface area contributed by atoms with E-state index < -0.39 is 10.7 Å². The van der Waals surface area contributed by atoms with Crippen LogP contribution in [0.25, 0.3) is 0 Å². The molecule has 1 saturated heterocycles. The van der Waals surface area contributed by atoms with E-state index in [-0.39, 0.29) is 18.2 Å². The van der Waals surface area contributed by atoms with Gasteiger partial charge in [0, 0.05) is 32.2 Å². The summed E-state index contributed by atoms with van der Waals surface area (Å²) < 4.78 is 18.9. The van der Waals surface area contributed by atoms with E-state index in [1.165, 1.54) is 12.1 Å². The van der Waals surface area contributed by atoms with Crippen LogP contribution in [-0.2, 0) is 9.53 Å². The summed E-state index contributed by atoms with van der Waals surface area (Å²) in [7, 11) is 0. The normalized spacial score (nSPS) is 15.6. The molecule has 0 unspecified atom stereocenters. The smallest absolute Gasteiger partial charge is 0.320 e. The summed E-state index contributed by atoms with van der Waals surface area (Å²) in [4.78, 5) is 25.2. The SMILES string of the molecule is CCOC(=O)CN1CCN(c2ccc([N+](=O)[O-])cc2F)CC1. The number of non-ortho nitro benzene ring substituents is 1. The fourth-order valence-corrected chi connectivity index (χ4v) is 2.40. The second-order valence-corrected chi connectivity index (χ2v) is 4.96. The number of rotatable bonds is 5. The molecule has 0 bridgehead atoms. The molecule has 1 fully saturated rings. The van der Waals surface area contributed by atoms with Gasteiger partial charge in [0.25, 0.3) is 5.69 Å². The minimum absolute atomic E-state index is 0.227. The van der Waals surface area contributed by atoms with Crippen molar-refractivity contribution in [2.75, 3.05) is 44.2 Å². The first-order valence-corrected chi connectivity index (χ1v) is 7.08. The van der Waals surface area contributed by atoms with E-state index in [0.29, 0.717) is 38.5 Å². The molecule has 22 heavy (non-hydrogen) atoms. The fraction of sp³-hybridized carbons (Fsp3) is 0.500. The highest BCUT2D eigenvalue weighted by Crippen LogP contribution is 2.24. The van der Waals surface area contributed by atoms with E-state index in [0.717, 1.165) is 6.07 Å². The molecule has 1 aliphatic rings. The Morgan fingerprint density at radius 2 is 2.05 bits per heavy atom. The summed E-state index contributed by atoms with van der Waals surface area (Å²) in [6.45, 7) is 4.65. The number of nitrogens with zero attached hydrogens (tertiary/aromatic N) is 3. The van der Waals surface area contributed by atoms with Crippen LogP contribution in [0, 0.1) is 15.9 Å². The molecule has 2 rings (SSSR count). The molecule has 0 aliphatic carbocycles. The van der Waals surface area contributed by atoms with Crippen LogP contribution in [0.5, 0.6) is 0 Å².